The summed E-state index contributed by atoms with van der Waals surface area (Å²) >= 11 is 6.30. The highest BCUT2D eigenvalue weighted by Gasteiger charge is 2.53. The first-order valence-corrected chi connectivity index (χ1v) is 12.0. The summed E-state index contributed by atoms with van der Waals surface area (Å²) in [6.07, 6.45) is 9.26. The molecule has 31 heavy (non-hydrogen) atoms. The molecule has 0 spiro atoms. The zero-order valence-electron chi connectivity index (χ0n) is 17.6. The number of carbonyl (C=O) groups is 1. The van der Waals surface area contributed by atoms with Gasteiger partial charge in [-0.15, -0.1) is 5.10 Å². The highest BCUT2D eigenvalue weighted by molar-refractivity contribution is 6.31. The van der Waals surface area contributed by atoms with E-state index in [1.807, 2.05) is 28.9 Å². The number of nitrogens with zero attached hydrogens (tertiary/aromatic N) is 5. The van der Waals surface area contributed by atoms with E-state index in [0.717, 1.165) is 42.2 Å². The molecule has 4 bridgehead atoms. The van der Waals surface area contributed by atoms with Gasteiger partial charge in [-0.1, -0.05) is 29.8 Å². The fourth-order valence-corrected chi connectivity index (χ4v) is 7.54. The monoisotopic (exact) mass is 440 g/mol. The number of rotatable bonds is 5. The second kappa shape index (κ2) is 7.85. The third-order valence-corrected chi connectivity index (χ3v) is 8.70. The minimum absolute atomic E-state index is 0.101. The summed E-state index contributed by atoms with van der Waals surface area (Å²) in [4.78, 5) is 16.0. The number of halogens is 1. The van der Waals surface area contributed by atoms with Crippen LogP contribution in [0.4, 0.5) is 0 Å². The number of tetrazole rings is 1. The third kappa shape index (κ3) is 3.55. The first kappa shape index (κ1) is 19.7. The van der Waals surface area contributed by atoms with Crippen LogP contribution in [0, 0.1) is 23.7 Å². The molecule has 1 aromatic carbocycles. The molecule has 0 radical (unpaired) electrons. The quantitative estimate of drug-likeness (QED) is 0.773. The molecule has 2 heterocycles. The molecule has 7 rings (SSSR count). The largest absolute Gasteiger partial charge is 0.351 e. The number of carbonyl (C=O) groups excluding carboxylic acids is 1. The van der Waals surface area contributed by atoms with Crippen molar-refractivity contribution in [1.29, 1.82) is 0 Å². The van der Waals surface area contributed by atoms with Gasteiger partial charge in [-0.2, -0.15) is 0 Å². The standard InChI is InChI=1S/C23H29ClN6O/c24-20-4-2-1-3-16(20)11-25-23(31)21-10-19(30-13-26-27-28-30)12-29(21)22-17-6-14-5-15(8-17)9-18(22)7-14/h1-4,13-15,17-19,21-22H,5-12H2,(H,25,31)/t14?,15?,17?,18?,19-,21+,22?/m1/s1. The zero-order chi connectivity index (χ0) is 20.9. The maximum atomic E-state index is 13.4. The number of hydrogen-bond acceptors (Lipinski definition) is 5. The molecule has 4 aliphatic carbocycles. The van der Waals surface area contributed by atoms with E-state index < -0.39 is 0 Å². The van der Waals surface area contributed by atoms with Gasteiger partial charge in [-0.05, 0) is 84.3 Å². The summed E-state index contributed by atoms with van der Waals surface area (Å²) in [5, 5.41) is 15.7. The SMILES string of the molecule is O=C(NCc1ccccc1Cl)[C@@H]1C[C@@H](n2cnnn2)CN1C1C2CC3CC(C2)CC1C3. The lowest BCUT2D eigenvalue weighted by molar-refractivity contribution is -0.130. The number of nitrogens with one attached hydrogen (secondary N) is 1. The number of aromatic nitrogens is 4. The lowest BCUT2D eigenvalue weighted by Gasteiger charge is -2.57. The van der Waals surface area contributed by atoms with E-state index in [2.05, 4.69) is 25.7 Å². The van der Waals surface area contributed by atoms with Crippen LogP contribution in [-0.4, -0.2) is 49.6 Å². The molecule has 7 nitrogen and oxygen atoms in total. The van der Waals surface area contributed by atoms with Gasteiger partial charge in [0, 0.05) is 24.2 Å². The first-order valence-electron chi connectivity index (χ1n) is 11.6. The van der Waals surface area contributed by atoms with Crippen LogP contribution in [0.15, 0.2) is 30.6 Å². The first-order chi connectivity index (χ1) is 15.2. The van der Waals surface area contributed by atoms with Gasteiger partial charge in [0.2, 0.25) is 5.91 Å². The maximum Gasteiger partial charge on any atom is 0.237 e. The summed E-state index contributed by atoms with van der Waals surface area (Å²) in [7, 11) is 0. The van der Waals surface area contributed by atoms with Crippen LogP contribution < -0.4 is 5.32 Å². The van der Waals surface area contributed by atoms with E-state index >= 15 is 0 Å². The van der Waals surface area contributed by atoms with E-state index in [1.165, 1.54) is 32.1 Å². The second-order valence-electron chi connectivity index (χ2n) is 10.1. The topological polar surface area (TPSA) is 75.9 Å². The molecule has 1 amide bonds. The van der Waals surface area contributed by atoms with Crippen LogP contribution in [0.3, 0.4) is 0 Å². The van der Waals surface area contributed by atoms with Crippen molar-refractivity contribution in [1.82, 2.24) is 30.4 Å². The van der Waals surface area contributed by atoms with E-state index in [-0.39, 0.29) is 18.0 Å². The molecule has 1 N–H and O–H groups in total. The predicted molar refractivity (Wildman–Crippen MR) is 116 cm³/mol. The molecule has 1 aromatic heterocycles. The molecule has 0 unspecified atom stereocenters. The van der Waals surface area contributed by atoms with Crippen molar-refractivity contribution in [2.24, 2.45) is 23.7 Å². The molecule has 5 fully saturated rings. The molecule has 1 saturated heterocycles. The Morgan fingerprint density at radius 2 is 1.81 bits per heavy atom. The fourth-order valence-electron chi connectivity index (χ4n) is 7.33. The predicted octanol–water partition coefficient (Wildman–Crippen LogP) is 3.08. The van der Waals surface area contributed by atoms with E-state index in [9.17, 15) is 4.79 Å². The van der Waals surface area contributed by atoms with Crippen LogP contribution in [0.25, 0.3) is 0 Å². The van der Waals surface area contributed by atoms with E-state index in [4.69, 9.17) is 11.6 Å². The third-order valence-electron chi connectivity index (χ3n) is 8.33. The van der Waals surface area contributed by atoms with Crippen molar-refractivity contribution >= 4 is 17.5 Å². The average Bonchev–Trinajstić information content (AvgIpc) is 3.42. The van der Waals surface area contributed by atoms with Crippen molar-refractivity contribution < 1.29 is 4.79 Å². The highest BCUT2D eigenvalue weighted by atomic mass is 35.5. The Labute approximate surface area is 187 Å². The van der Waals surface area contributed by atoms with Gasteiger partial charge >= 0.3 is 0 Å². The summed E-state index contributed by atoms with van der Waals surface area (Å²) in [6.45, 7) is 1.31. The van der Waals surface area contributed by atoms with Gasteiger partial charge < -0.3 is 5.32 Å². The summed E-state index contributed by atoms with van der Waals surface area (Å²) in [6, 6.07) is 8.23. The average molecular weight is 441 g/mol. The Hall–Kier alpha value is -1.99. The number of benzene rings is 1. The Balaban J connectivity index is 1.23. The molecular weight excluding hydrogens is 412 g/mol. The van der Waals surface area contributed by atoms with Crippen LogP contribution in [0.2, 0.25) is 5.02 Å². The van der Waals surface area contributed by atoms with Crippen molar-refractivity contribution in [3.05, 3.63) is 41.2 Å². The Kier molecular flexibility index (Phi) is 4.98. The summed E-state index contributed by atoms with van der Waals surface area (Å²) < 4.78 is 1.84. The van der Waals surface area contributed by atoms with Gasteiger partial charge in [0.15, 0.2) is 0 Å². The second-order valence-corrected chi connectivity index (χ2v) is 10.5. The highest BCUT2D eigenvalue weighted by Crippen LogP contribution is 2.56. The smallest absolute Gasteiger partial charge is 0.237 e. The normalized spacial score (nSPS) is 36.7. The lowest BCUT2D eigenvalue weighted by atomic mass is 9.54. The van der Waals surface area contributed by atoms with Gasteiger partial charge in [-0.25, -0.2) is 4.68 Å². The molecule has 164 valence electrons. The van der Waals surface area contributed by atoms with Gasteiger partial charge in [-0.3, -0.25) is 9.69 Å². The molecule has 5 aliphatic rings. The maximum absolute atomic E-state index is 13.4. The van der Waals surface area contributed by atoms with Gasteiger partial charge in [0.05, 0.1) is 12.1 Å². The Morgan fingerprint density at radius 1 is 1.06 bits per heavy atom. The zero-order valence-corrected chi connectivity index (χ0v) is 18.4. The Morgan fingerprint density at radius 3 is 2.48 bits per heavy atom. The number of amides is 1. The van der Waals surface area contributed by atoms with Crippen LogP contribution in [0.5, 0.6) is 0 Å². The van der Waals surface area contributed by atoms with Gasteiger partial charge in [0.1, 0.15) is 6.33 Å². The summed E-state index contributed by atoms with van der Waals surface area (Å²) in [5.41, 5.74) is 0.953. The molecule has 2 aromatic rings. The lowest BCUT2D eigenvalue weighted by Crippen LogP contribution is -2.59. The Bertz CT molecular complexity index is 921. The number of hydrogen-bond donors (Lipinski definition) is 1. The molecular formula is C23H29ClN6O. The van der Waals surface area contributed by atoms with Crippen LogP contribution in [0.1, 0.15) is 50.1 Å². The summed E-state index contributed by atoms with van der Waals surface area (Å²) in [5.74, 6) is 3.42. The molecule has 4 saturated carbocycles. The van der Waals surface area contributed by atoms with Gasteiger partial charge in [0.25, 0.3) is 0 Å². The molecule has 8 heteroatoms. The minimum atomic E-state index is -0.140. The fraction of sp³-hybridized carbons (Fsp3) is 0.652. The van der Waals surface area contributed by atoms with Crippen LogP contribution in [-0.2, 0) is 11.3 Å². The molecule has 2 atom stereocenters. The molecule has 1 aliphatic heterocycles. The van der Waals surface area contributed by atoms with E-state index in [1.54, 1.807) is 6.33 Å². The van der Waals surface area contributed by atoms with E-state index in [0.29, 0.717) is 17.6 Å². The van der Waals surface area contributed by atoms with Crippen molar-refractivity contribution in [2.45, 2.75) is 63.2 Å². The van der Waals surface area contributed by atoms with Crippen LogP contribution >= 0.6 is 11.6 Å². The number of likely N-dealkylation sites (tertiary alicyclic amines) is 1. The van der Waals surface area contributed by atoms with Crippen molar-refractivity contribution in [3.63, 3.8) is 0 Å². The minimum Gasteiger partial charge on any atom is -0.351 e. The van der Waals surface area contributed by atoms with Crippen molar-refractivity contribution in [2.75, 3.05) is 6.54 Å². The van der Waals surface area contributed by atoms with Crippen molar-refractivity contribution in [3.8, 4) is 0 Å².